The quantitative estimate of drug-likeness (QED) is 0.801. The number of aromatic nitrogens is 1. The van der Waals surface area contributed by atoms with Gasteiger partial charge in [0.2, 0.25) is 15.9 Å². The highest BCUT2D eigenvalue weighted by Gasteiger charge is 2.08. The smallest absolute Gasteiger partial charge is 0.233 e. The van der Waals surface area contributed by atoms with Crippen molar-refractivity contribution < 1.29 is 13.2 Å². The molecule has 1 aromatic heterocycles. The second-order valence-electron chi connectivity index (χ2n) is 4.79. The van der Waals surface area contributed by atoms with Crippen molar-refractivity contribution in [2.75, 3.05) is 11.9 Å². The molecule has 0 radical (unpaired) electrons. The minimum Gasteiger partial charge on any atom is -0.302 e. The van der Waals surface area contributed by atoms with Crippen molar-refractivity contribution in [1.29, 1.82) is 0 Å². The van der Waals surface area contributed by atoms with Crippen molar-refractivity contribution >= 4 is 38.5 Å². The van der Waals surface area contributed by atoms with Gasteiger partial charge in [0, 0.05) is 30.0 Å². The molecule has 8 heteroatoms. The first kappa shape index (κ1) is 17.3. The van der Waals surface area contributed by atoms with Crippen LogP contribution in [0.3, 0.4) is 0 Å². The molecular weight excluding hydrogens is 334 g/mol. The average molecular weight is 351 g/mol. The maximum atomic E-state index is 11.8. The zero-order valence-electron chi connectivity index (χ0n) is 12.5. The van der Waals surface area contributed by atoms with Crippen LogP contribution in [0, 0.1) is 6.92 Å². The highest BCUT2D eigenvalue weighted by atomic mass is 32.2. The predicted octanol–water partition coefficient (Wildman–Crippen LogP) is 2.37. The molecule has 122 valence electrons. The Morgan fingerprint density at radius 3 is 2.70 bits per heavy atom. The molecule has 0 saturated heterocycles. The number of hydrogen-bond donors (Lipinski definition) is 2. The Labute approximate surface area is 139 Å². The number of nitrogens with zero attached hydrogens (tertiary/aromatic N) is 1. The van der Waals surface area contributed by atoms with E-state index in [0.29, 0.717) is 5.13 Å². The van der Waals surface area contributed by atoms with E-state index in [2.05, 4.69) is 15.0 Å². The molecule has 0 unspecified atom stereocenters. The van der Waals surface area contributed by atoms with E-state index in [0.717, 1.165) is 16.5 Å². The Bertz CT molecular complexity index is 767. The number of thiazole rings is 1. The van der Waals surface area contributed by atoms with E-state index in [4.69, 9.17) is 0 Å². The van der Waals surface area contributed by atoms with Crippen LogP contribution in [0.4, 0.5) is 5.13 Å². The number of carbonyl (C=O) groups excluding carboxylic acids is 1. The zero-order valence-corrected chi connectivity index (χ0v) is 14.2. The number of carbonyl (C=O) groups is 1. The molecule has 0 bridgehead atoms. The van der Waals surface area contributed by atoms with Gasteiger partial charge in [-0.1, -0.05) is 29.8 Å². The van der Waals surface area contributed by atoms with Gasteiger partial charge in [-0.15, -0.1) is 11.3 Å². The first-order valence-electron chi connectivity index (χ1n) is 6.88. The molecule has 2 rings (SSSR count). The number of amides is 1. The number of benzene rings is 1. The van der Waals surface area contributed by atoms with Crippen LogP contribution in [-0.4, -0.2) is 25.9 Å². The fourth-order valence-electron chi connectivity index (χ4n) is 1.67. The number of aryl methyl sites for hydroxylation is 1. The lowest BCUT2D eigenvalue weighted by atomic mass is 10.2. The van der Waals surface area contributed by atoms with Crippen molar-refractivity contribution in [2.24, 2.45) is 0 Å². The molecule has 2 N–H and O–H groups in total. The van der Waals surface area contributed by atoms with Gasteiger partial charge in [-0.25, -0.2) is 18.1 Å². The van der Waals surface area contributed by atoms with E-state index < -0.39 is 10.0 Å². The first-order chi connectivity index (χ1) is 10.9. The molecule has 0 aliphatic rings. The van der Waals surface area contributed by atoms with E-state index in [9.17, 15) is 13.2 Å². The van der Waals surface area contributed by atoms with Gasteiger partial charge in [0.1, 0.15) is 0 Å². The summed E-state index contributed by atoms with van der Waals surface area (Å²) in [5.41, 5.74) is 1.90. The molecule has 1 amide bonds. The van der Waals surface area contributed by atoms with Crippen LogP contribution >= 0.6 is 11.3 Å². The molecule has 0 spiro atoms. The molecule has 23 heavy (non-hydrogen) atoms. The van der Waals surface area contributed by atoms with E-state index >= 15 is 0 Å². The van der Waals surface area contributed by atoms with Crippen LogP contribution in [0.5, 0.6) is 0 Å². The van der Waals surface area contributed by atoms with E-state index in [1.54, 1.807) is 11.6 Å². The first-order valence-corrected chi connectivity index (χ1v) is 9.31. The summed E-state index contributed by atoms with van der Waals surface area (Å²) in [6.45, 7) is 1.99. The molecule has 6 nitrogen and oxygen atoms in total. The molecule has 1 heterocycles. The Morgan fingerprint density at radius 1 is 1.30 bits per heavy atom. The highest BCUT2D eigenvalue weighted by molar-refractivity contribution is 7.92. The predicted molar refractivity (Wildman–Crippen MR) is 92.5 cm³/mol. The number of rotatable bonds is 7. The summed E-state index contributed by atoms with van der Waals surface area (Å²) in [6, 6.07) is 7.48. The molecule has 2 aromatic rings. The normalized spacial score (nSPS) is 11.7. The van der Waals surface area contributed by atoms with Gasteiger partial charge in [-0.05, 0) is 18.6 Å². The van der Waals surface area contributed by atoms with Crippen LogP contribution in [-0.2, 0) is 14.8 Å². The minimum absolute atomic E-state index is 0.0256. The summed E-state index contributed by atoms with van der Waals surface area (Å²) >= 11 is 1.30. The van der Waals surface area contributed by atoms with Crippen molar-refractivity contribution in [3.05, 3.63) is 52.4 Å². The third-order valence-corrected chi connectivity index (χ3v) is 4.64. The molecule has 1 aromatic carbocycles. The van der Waals surface area contributed by atoms with Crippen LogP contribution in [0.2, 0.25) is 0 Å². The largest absolute Gasteiger partial charge is 0.302 e. The second-order valence-corrected chi connectivity index (χ2v) is 7.33. The van der Waals surface area contributed by atoms with Gasteiger partial charge >= 0.3 is 0 Å². The lowest BCUT2D eigenvalue weighted by Gasteiger charge is -2.03. The number of nitrogens with one attached hydrogen (secondary N) is 2. The molecular formula is C15H17N3O3S2. The fourth-order valence-corrected chi connectivity index (χ4v) is 3.03. The topological polar surface area (TPSA) is 88.2 Å². The molecule has 0 saturated carbocycles. The van der Waals surface area contributed by atoms with Crippen LogP contribution in [0.15, 0.2) is 41.3 Å². The molecule has 0 aliphatic carbocycles. The minimum atomic E-state index is -3.57. The summed E-state index contributed by atoms with van der Waals surface area (Å²) in [4.78, 5) is 15.5. The maximum Gasteiger partial charge on any atom is 0.233 e. The summed E-state index contributed by atoms with van der Waals surface area (Å²) in [7, 11) is -3.57. The lowest BCUT2D eigenvalue weighted by Crippen LogP contribution is -2.26. The monoisotopic (exact) mass is 351 g/mol. The van der Waals surface area contributed by atoms with E-state index in [-0.39, 0.29) is 18.9 Å². The SMILES string of the molecule is Cc1ccc(/C=C/S(=O)(=O)NCCC(=O)Nc2nccs2)cc1. The Morgan fingerprint density at radius 2 is 2.04 bits per heavy atom. The van der Waals surface area contributed by atoms with Gasteiger partial charge in [0.05, 0.1) is 0 Å². The standard InChI is InChI=1S/C15H17N3O3S2/c1-12-2-4-13(5-3-12)7-11-23(20,21)17-8-6-14(19)18-15-16-9-10-22-15/h2-5,7,9-11,17H,6,8H2,1H3,(H,16,18,19)/b11-7+. The Kier molecular flexibility index (Phi) is 6.03. The molecule has 0 atom stereocenters. The summed E-state index contributed by atoms with van der Waals surface area (Å²) in [5, 5.41) is 5.92. The van der Waals surface area contributed by atoms with Gasteiger partial charge in [0.25, 0.3) is 0 Å². The molecule has 0 aliphatic heterocycles. The van der Waals surface area contributed by atoms with Gasteiger partial charge in [0.15, 0.2) is 5.13 Å². The number of hydrogen-bond acceptors (Lipinski definition) is 5. The van der Waals surface area contributed by atoms with E-state index in [1.165, 1.54) is 17.4 Å². The summed E-state index contributed by atoms with van der Waals surface area (Å²) in [6.07, 6.45) is 3.13. The highest BCUT2D eigenvalue weighted by Crippen LogP contribution is 2.10. The second kappa shape index (κ2) is 8.00. The Balaban J connectivity index is 1.79. The third kappa shape index (κ3) is 6.31. The maximum absolute atomic E-state index is 11.8. The van der Waals surface area contributed by atoms with E-state index in [1.807, 2.05) is 31.2 Å². The zero-order chi connectivity index (χ0) is 16.7. The number of anilines is 1. The van der Waals surface area contributed by atoms with Crippen LogP contribution in [0.25, 0.3) is 6.08 Å². The number of sulfonamides is 1. The lowest BCUT2D eigenvalue weighted by molar-refractivity contribution is -0.116. The summed E-state index contributed by atoms with van der Waals surface area (Å²) in [5.74, 6) is -0.287. The summed E-state index contributed by atoms with van der Waals surface area (Å²) < 4.78 is 26.0. The van der Waals surface area contributed by atoms with Gasteiger partial charge in [-0.2, -0.15) is 0 Å². The average Bonchev–Trinajstić information content (AvgIpc) is 2.99. The van der Waals surface area contributed by atoms with Crippen molar-refractivity contribution in [2.45, 2.75) is 13.3 Å². The molecule has 0 fully saturated rings. The van der Waals surface area contributed by atoms with Gasteiger partial charge < -0.3 is 5.32 Å². The van der Waals surface area contributed by atoms with Crippen molar-refractivity contribution in [3.8, 4) is 0 Å². The fraction of sp³-hybridized carbons (Fsp3) is 0.200. The van der Waals surface area contributed by atoms with Gasteiger partial charge in [-0.3, -0.25) is 4.79 Å². The van der Waals surface area contributed by atoms with Crippen molar-refractivity contribution in [1.82, 2.24) is 9.71 Å². The third-order valence-electron chi connectivity index (χ3n) is 2.85. The van der Waals surface area contributed by atoms with Crippen LogP contribution < -0.4 is 10.0 Å². The van der Waals surface area contributed by atoms with Crippen molar-refractivity contribution in [3.63, 3.8) is 0 Å². The Hall–Kier alpha value is -2.03. The van der Waals surface area contributed by atoms with Crippen LogP contribution in [0.1, 0.15) is 17.5 Å².